The number of hydrogen-bond donors (Lipinski definition) is 1. The maximum Gasteiger partial charge on any atom is 0.258 e. The van der Waals surface area contributed by atoms with Crippen LogP contribution in [-0.4, -0.2) is 53.9 Å². The molecule has 0 aliphatic carbocycles. The van der Waals surface area contributed by atoms with E-state index >= 15 is 0 Å². The van der Waals surface area contributed by atoms with Crippen LogP contribution in [-0.2, 0) is 17.9 Å². The van der Waals surface area contributed by atoms with Gasteiger partial charge in [-0.05, 0) is 68.3 Å². The maximum absolute atomic E-state index is 13.2. The normalized spacial score (nSPS) is 20.8. The Hall–Kier alpha value is -2.86. The molecular weight excluding hydrogens is 426 g/mol. The fourth-order valence-electron chi connectivity index (χ4n) is 5.12. The van der Waals surface area contributed by atoms with E-state index in [1.54, 1.807) is 17.0 Å². The molecule has 0 radical (unpaired) electrons. The second-order valence-corrected chi connectivity index (χ2v) is 9.60. The molecule has 2 heterocycles. The van der Waals surface area contributed by atoms with Gasteiger partial charge in [-0.1, -0.05) is 43.3 Å². The molecule has 6 nitrogen and oxygen atoms in total. The van der Waals surface area contributed by atoms with Crippen molar-refractivity contribution in [3.63, 3.8) is 0 Å². The molecule has 2 aliphatic rings. The minimum atomic E-state index is -0.442. The van der Waals surface area contributed by atoms with E-state index in [9.17, 15) is 9.59 Å². The number of ether oxygens (including phenoxy) is 1. The highest BCUT2D eigenvalue weighted by molar-refractivity contribution is 6.00. The first kappa shape index (κ1) is 24.3. The van der Waals surface area contributed by atoms with E-state index in [1.807, 2.05) is 19.1 Å². The predicted octanol–water partition coefficient (Wildman–Crippen LogP) is 4.24. The zero-order valence-electron chi connectivity index (χ0n) is 20.5. The summed E-state index contributed by atoms with van der Waals surface area (Å²) in [6.07, 6.45) is 4.12. The standard InChI is InChI=1S/C28H37N3O3/c1-3-34-26-11-5-4-9-24(26)28(33)31-17-7-10-25(31)27(32)29-18-22-12-14-23(15-13-22)20-30-16-6-8-21(2)19-30/h4-5,9,11-15,21,25H,3,6-8,10,16-20H2,1-2H3,(H,29,32). The van der Waals surface area contributed by atoms with Gasteiger partial charge in [0.05, 0.1) is 12.2 Å². The first-order valence-corrected chi connectivity index (χ1v) is 12.7. The fourth-order valence-corrected chi connectivity index (χ4v) is 5.12. The molecule has 1 N–H and O–H groups in total. The number of para-hydroxylation sites is 1. The van der Waals surface area contributed by atoms with Gasteiger partial charge in [0.1, 0.15) is 11.8 Å². The van der Waals surface area contributed by atoms with Gasteiger partial charge in [0, 0.05) is 26.2 Å². The monoisotopic (exact) mass is 463 g/mol. The third kappa shape index (κ3) is 5.98. The Kier molecular flexibility index (Phi) is 8.22. The highest BCUT2D eigenvalue weighted by Gasteiger charge is 2.35. The number of nitrogens with one attached hydrogen (secondary N) is 1. The molecule has 2 amide bonds. The van der Waals surface area contributed by atoms with Crippen LogP contribution in [0.3, 0.4) is 0 Å². The largest absolute Gasteiger partial charge is 0.493 e. The van der Waals surface area contributed by atoms with Crippen molar-refractivity contribution in [2.45, 2.75) is 58.7 Å². The summed E-state index contributed by atoms with van der Waals surface area (Å²) in [4.78, 5) is 30.4. The highest BCUT2D eigenvalue weighted by atomic mass is 16.5. The number of hydrogen-bond acceptors (Lipinski definition) is 4. The number of piperidine rings is 1. The molecule has 2 atom stereocenters. The van der Waals surface area contributed by atoms with Gasteiger partial charge < -0.3 is 15.0 Å². The highest BCUT2D eigenvalue weighted by Crippen LogP contribution is 2.25. The molecule has 34 heavy (non-hydrogen) atoms. The van der Waals surface area contributed by atoms with Crippen LogP contribution in [0.2, 0.25) is 0 Å². The van der Waals surface area contributed by atoms with Gasteiger partial charge >= 0.3 is 0 Å². The number of nitrogens with zero attached hydrogens (tertiary/aromatic N) is 2. The van der Waals surface area contributed by atoms with E-state index in [4.69, 9.17) is 4.74 Å². The van der Waals surface area contributed by atoms with Crippen LogP contribution in [0.1, 0.15) is 61.0 Å². The van der Waals surface area contributed by atoms with Crippen molar-refractivity contribution in [1.29, 1.82) is 0 Å². The van der Waals surface area contributed by atoms with Crippen molar-refractivity contribution in [2.75, 3.05) is 26.2 Å². The number of carbonyl (C=O) groups is 2. The Balaban J connectivity index is 1.32. The molecule has 2 aliphatic heterocycles. The van der Waals surface area contributed by atoms with Crippen molar-refractivity contribution in [3.05, 3.63) is 65.2 Å². The summed E-state index contributed by atoms with van der Waals surface area (Å²) in [6.45, 7) is 9.10. The van der Waals surface area contributed by atoms with E-state index in [2.05, 4.69) is 41.4 Å². The molecule has 6 heteroatoms. The SMILES string of the molecule is CCOc1ccccc1C(=O)N1CCCC1C(=O)NCc1ccc(CN2CCCC(C)C2)cc1. The van der Waals surface area contributed by atoms with E-state index < -0.39 is 6.04 Å². The Bertz CT molecular complexity index is 975. The lowest BCUT2D eigenvalue weighted by Gasteiger charge is -2.30. The lowest BCUT2D eigenvalue weighted by molar-refractivity contribution is -0.125. The minimum Gasteiger partial charge on any atom is -0.493 e. The summed E-state index contributed by atoms with van der Waals surface area (Å²) in [7, 11) is 0. The zero-order valence-corrected chi connectivity index (χ0v) is 20.5. The minimum absolute atomic E-state index is 0.0916. The Morgan fingerprint density at radius 1 is 1.00 bits per heavy atom. The molecule has 2 fully saturated rings. The first-order chi connectivity index (χ1) is 16.5. The lowest BCUT2D eigenvalue weighted by Crippen LogP contribution is -2.45. The molecule has 2 saturated heterocycles. The molecule has 2 aromatic carbocycles. The molecule has 2 aromatic rings. The van der Waals surface area contributed by atoms with Gasteiger partial charge in [0.15, 0.2) is 0 Å². The predicted molar refractivity (Wildman–Crippen MR) is 134 cm³/mol. The number of carbonyl (C=O) groups excluding carboxylic acids is 2. The number of rotatable bonds is 8. The number of likely N-dealkylation sites (tertiary alicyclic amines) is 2. The fraction of sp³-hybridized carbons (Fsp3) is 0.500. The van der Waals surface area contributed by atoms with Crippen LogP contribution in [0.25, 0.3) is 0 Å². The molecule has 0 bridgehead atoms. The van der Waals surface area contributed by atoms with Gasteiger partial charge in [-0.25, -0.2) is 0 Å². The van der Waals surface area contributed by atoms with Crippen LogP contribution in [0.5, 0.6) is 5.75 Å². The van der Waals surface area contributed by atoms with E-state index in [0.29, 0.717) is 37.4 Å². The van der Waals surface area contributed by atoms with Crippen molar-refractivity contribution in [3.8, 4) is 5.75 Å². The lowest BCUT2D eigenvalue weighted by atomic mass is 9.99. The molecule has 4 rings (SSSR count). The summed E-state index contributed by atoms with van der Waals surface area (Å²) in [5, 5.41) is 3.05. The molecule has 0 saturated carbocycles. The topological polar surface area (TPSA) is 61.9 Å². The molecule has 182 valence electrons. The summed E-state index contributed by atoms with van der Waals surface area (Å²) in [5.41, 5.74) is 2.90. The van der Waals surface area contributed by atoms with Gasteiger partial charge in [-0.2, -0.15) is 0 Å². The Morgan fingerprint density at radius 3 is 2.50 bits per heavy atom. The van der Waals surface area contributed by atoms with Crippen LogP contribution in [0.15, 0.2) is 48.5 Å². The van der Waals surface area contributed by atoms with Crippen molar-refractivity contribution in [1.82, 2.24) is 15.1 Å². The van der Waals surface area contributed by atoms with Gasteiger partial charge in [0.2, 0.25) is 5.91 Å². The zero-order chi connectivity index (χ0) is 23.9. The molecule has 0 spiro atoms. The van der Waals surface area contributed by atoms with Crippen molar-refractivity contribution >= 4 is 11.8 Å². The summed E-state index contributed by atoms with van der Waals surface area (Å²) in [5.74, 6) is 1.11. The second kappa shape index (κ2) is 11.5. The van der Waals surface area contributed by atoms with E-state index in [0.717, 1.165) is 24.4 Å². The quantitative estimate of drug-likeness (QED) is 0.636. The van der Waals surface area contributed by atoms with E-state index in [-0.39, 0.29) is 11.8 Å². The van der Waals surface area contributed by atoms with Gasteiger partial charge in [0.25, 0.3) is 5.91 Å². The molecule has 2 unspecified atom stereocenters. The first-order valence-electron chi connectivity index (χ1n) is 12.7. The third-order valence-corrected chi connectivity index (χ3v) is 6.87. The summed E-state index contributed by atoms with van der Waals surface area (Å²) < 4.78 is 5.63. The third-order valence-electron chi connectivity index (χ3n) is 6.87. The average molecular weight is 464 g/mol. The Labute approximate surface area is 203 Å². The van der Waals surface area contributed by atoms with Crippen LogP contribution < -0.4 is 10.1 Å². The van der Waals surface area contributed by atoms with E-state index in [1.165, 1.54) is 31.5 Å². The van der Waals surface area contributed by atoms with Crippen LogP contribution in [0, 0.1) is 5.92 Å². The maximum atomic E-state index is 13.2. The average Bonchev–Trinajstić information content (AvgIpc) is 3.34. The Morgan fingerprint density at radius 2 is 1.74 bits per heavy atom. The van der Waals surface area contributed by atoms with Crippen LogP contribution >= 0.6 is 0 Å². The van der Waals surface area contributed by atoms with Crippen molar-refractivity contribution < 1.29 is 14.3 Å². The second-order valence-electron chi connectivity index (χ2n) is 9.60. The summed E-state index contributed by atoms with van der Waals surface area (Å²) >= 11 is 0. The van der Waals surface area contributed by atoms with Crippen molar-refractivity contribution in [2.24, 2.45) is 5.92 Å². The molecule has 0 aromatic heterocycles. The number of amides is 2. The summed E-state index contributed by atoms with van der Waals surface area (Å²) in [6, 6.07) is 15.3. The number of benzene rings is 2. The molecular formula is C28H37N3O3. The smallest absolute Gasteiger partial charge is 0.258 e. The van der Waals surface area contributed by atoms with Gasteiger partial charge in [-0.3, -0.25) is 14.5 Å². The van der Waals surface area contributed by atoms with Crippen LogP contribution in [0.4, 0.5) is 0 Å². The van der Waals surface area contributed by atoms with Gasteiger partial charge in [-0.15, -0.1) is 0 Å².